The fraction of sp³-hybridized carbons (Fsp3) is 0.250. The highest BCUT2D eigenvalue weighted by Crippen LogP contribution is 2.30. The molecule has 7 heteroatoms. The van der Waals surface area contributed by atoms with Gasteiger partial charge in [-0.2, -0.15) is 0 Å². The molecule has 27 heavy (non-hydrogen) atoms. The zero-order valence-corrected chi connectivity index (χ0v) is 15.9. The standard InChI is InChI=1S/C20H20N2O4S/c1-13-7-9-14(10-8-13)22-19(24)11-17(20(22)25)27-12-18(23)21-15-5-3-4-6-16(15)26-2/h3-10,17H,11-12H2,1-2H3,(H,21,23)/t17-/m0/s1. The quantitative estimate of drug-likeness (QED) is 0.775. The molecule has 0 unspecified atom stereocenters. The summed E-state index contributed by atoms with van der Waals surface area (Å²) >= 11 is 1.17. The van der Waals surface area contributed by atoms with E-state index in [1.165, 1.54) is 23.8 Å². The maximum atomic E-state index is 12.6. The van der Waals surface area contributed by atoms with Crippen LogP contribution in [0.3, 0.4) is 0 Å². The highest BCUT2D eigenvalue weighted by molar-refractivity contribution is 8.01. The van der Waals surface area contributed by atoms with Crippen LogP contribution in [0.15, 0.2) is 48.5 Å². The number of nitrogens with one attached hydrogen (secondary N) is 1. The van der Waals surface area contributed by atoms with Crippen LogP contribution in [0.4, 0.5) is 11.4 Å². The van der Waals surface area contributed by atoms with Gasteiger partial charge in [0.2, 0.25) is 17.7 Å². The van der Waals surface area contributed by atoms with Gasteiger partial charge in [-0.3, -0.25) is 14.4 Å². The molecule has 0 bridgehead atoms. The lowest BCUT2D eigenvalue weighted by atomic mass is 10.2. The van der Waals surface area contributed by atoms with Crippen molar-refractivity contribution in [3.63, 3.8) is 0 Å². The van der Waals surface area contributed by atoms with E-state index >= 15 is 0 Å². The van der Waals surface area contributed by atoms with Crippen LogP contribution in [-0.4, -0.2) is 35.8 Å². The van der Waals surface area contributed by atoms with E-state index in [1.807, 2.05) is 25.1 Å². The average Bonchev–Trinajstić information content (AvgIpc) is 2.95. The second-order valence-corrected chi connectivity index (χ2v) is 7.35. The van der Waals surface area contributed by atoms with E-state index in [-0.39, 0.29) is 29.9 Å². The molecule has 0 aromatic heterocycles. The Hall–Kier alpha value is -2.80. The molecule has 1 heterocycles. The van der Waals surface area contributed by atoms with Crippen LogP contribution < -0.4 is 15.0 Å². The zero-order chi connectivity index (χ0) is 19.4. The Morgan fingerprint density at radius 2 is 1.89 bits per heavy atom. The number of anilines is 2. The molecule has 0 radical (unpaired) electrons. The fourth-order valence-electron chi connectivity index (χ4n) is 2.81. The normalized spacial score (nSPS) is 16.5. The van der Waals surface area contributed by atoms with Crippen molar-refractivity contribution in [3.8, 4) is 5.75 Å². The van der Waals surface area contributed by atoms with E-state index in [4.69, 9.17) is 4.74 Å². The Morgan fingerprint density at radius 3 is 2.59 bits per heavy atom. The summed E-state index contributed by atoms with van der Waals surface area (Å²) in [6.45, 7) is 1.94. The molecule has 2 aromatic rings. The van der Waals surface area contributed by atoms with Crippen molar-refractivity contribution in [2.45, 2.75) is 18.6 Å². The molecule has 0 aliphatic carbocycles. The minimum Gasteiger partial charge on any atom is -0.495 e. The maximum absolute atomic E-state index is 12.6. The van der Waals surface area contributed by atoms with Crippen LogP contribution >= 0.6 is 11.8 Å². The topological polar surface area (TPSA) is 75.7 Å². The van der Waals surface area contributed by atoms with E-state index < -0.39 is 5.25 Å². The number of thioether (sulfide) groups is 1. The third-order valence-electron chi connectivity index (χ3n) is 4.19. The highest BCUT2D eigenvalue weighted by atomic mass is 32.2. The number of carbonyl (C=O) groups is 3. The lowest BCUT2D eigenvalue weighted by Gasteiger charge is -2.15. The van der Waals surface area contributed by atoms with Gasteiger partial charge in [0.1, 0.15) is 5.75 Å². The smallest absolute Gasteiger partial charge is 0.247 e. The molecule has 1 atom stereocenters. The summed E-state index contributed by atoms with van der Waals surface area (Å²) in [4.78, 5) is 38.3. The van der Waals surface area contributed by atoms with Crippen molar-refractivity contribution in [3.05, 3.63) is 54.1 Å². The van der Waals surface area contributed by atoms with Crippen molar-refractivity contribution >= 4 is 40.9 Å². The zero-order valence-electron chi connectivity index (χ0n) is 15.1. The van der Waals surface area contributed by atoms with E-state index in [0.29, 0.717) is 17.1 Å². The molecule has 0 spiro atoms. The minimum atomic E-state index is -0.553. The van der Waals surface area contributed by atoms with E-state index in [9.17, 15) is 14.4 Å². The maximum Gasteiger partial charge on any atom is 0.247 e. The molecule has 6 nitrogen and oxygen atoms in total. The second-order valence-electron chi connectivity index (χ2n) is 6.16. The summed E-state index contributed by atoms with van der Waals surface area (Å²) < 4.78 is 5.20. The minimum absolute atomic E-state index is 0.0729. The van der Waals surface area contributed by atoms with Crippen LogP contribution in [-0.2, 0) is 14.4 Å². The number of ether oxygens (including phenoxy) is 1. The van der Waals surface area contributed by atoms with Gasteiger partial charge in [0.15, 0.2) is 0 Å². The number of aryl methyl sites for hydroxylation is 1. The number of amides is 3. The van der Waals surface area contributed by atoms with Gasteiger partial charge in [-0.25, -0.2) is 4.90 Å². The Labute approximate surface area is 161 Å². The summed E-state index contributed by atoms with van der Waals surface area (Å²) in [6, 6.07) is 14.3. The molecule has 1 saturated heterocycles. The Balaban J connectivity index is 1.60. The Kier molecular flexibility index (Phi) is 5.81. The molecular weight excluding hydrogens is 364 g/mol. The lowest BCUT2D eigenvalue weighted by Crippen LogP contribution is -2.31. The van der Waals surface area contributed by atoms with Crippen LogP contribution in [0.25, 0.3) is 0 Å². The molecule has 140 valence electrons. The number of methoxy groups -OCH3 is 1. The number of nitrogens with zero attached hydrogens (tertiary/aromatic N) is 1. The molecular formula is C20H20N2O4S. The molecule has 3 amide bonds. The number of hydrogen-bond donors (Lipinski definition) is 1. The highest BCUT2D eigenvalue weighted by Gasteiger charge is 2.40. The van der Waals surface area contributed by atoms with Crippen molar-refractivity contribution in [1.82, 2.24) is 0 Å². The predicted molar refractivity (Wildman–Crippen MR) is 106 cm³/mol. The lowest BCUT2D eigenvalue weighted by molar-refractivity contribution is -0.121. The first-order valence-electron chi connectivity index (χ1n) is 8.47. The molecule has 0 saturated carbocycles. The number of rotatable bonds is 6. The number of imide groups is 1. The van der Waals surface area contributed by atoms with Crippen LogP contribution in [0.5, 0.6) is 5.75 Å². The first kappa shape index (κ1) is 19.0. The summed E-state index contributed by atoms with van der Waals surface area (Å²) in [6.07, 6.45) is 0.0965. The van der Waals surface area contributed by atoms with Gasteiger partial charge in [-0.05, 0) is 31.2 Å². The monoisotopic (exact) mass is 384 g/mol. The predicted octanol–water partition coefficient (Wildman–Crippen LogP) is 3.01. The van der Waals surface area contributed by atoms with Gasteiger partial charge in [0.25, 0.3) is 0 Å². The van der Waals surface area contributed by atoms with Gasteiger partial charge < -0.3 is 10.1 Å². The van der Waals surface area contributed by atoms with E-state index in [1.54, 1.807) is 30.3 Å². The van der Waals surface area contributed by atoms with Gasteiger partial charge >= 0.3 is 0 Å². The number of para-hydroxylation sites is 2. The number of hydrogen-bond acceptors (Lipinski definition) is 5. The largest absolute Gasteiger partial charge is 0.495 e. The van der Waals surface area contributed by atoms with Gasteiger partial charge in [0.05, 0.1) is 29.5 Å². The second kappa shape index (κ2) is 8.26. The fourth-order valence-corrected chi connectivity index (χ4v) is 3.74. The molecule has 1 aliphatic rings. The number of benzene rings is 2. The summed E-state index contributed by atoms with van der Waals surface area (Å²) in [7, 11) is 1.53. The molecule has 1 N–H and O–H groups in total. The van der Waals surface area contributed by atoms with Crippen LogP contribution in [0, 0.1) is 6.92 Å². The van der Waals surface area contributed by atoms with Crippen LogP contribution in [0.1, 0.15) is 12.0 Å². The summed E-state index contributed by atoms with van der Waals surface area (Å²) in [5.41, 5.74) is 2.19. The average molecular weight is 384 g/mol. The molecule has 2 aromatic carbocycles. The third kappa shape index (κ3) is 4.31. The molecule has 1 aliphatic heterocycles. The van der Waals surface area contributed by atoms with Crippen molar-refractivity contribution in [2.75, 3.05) is 23.1 Å². The molecule has 3 rings (SSSR count). The Bertz CT molecular complexity index is 867. The van der Waals surface area contributed by atoms with Crippen molar-refractivity contribution in [2.24, 2.45) is 0 Å². The number of carbonyl (C=O) groups excluding carboxylic acids is 3. The first-order chi connectivity index (χ1) is 13.0. The SMILES string of the molecule is COc1ccccc1NC(=O)CS[C@H]1CC(=O)N(c2ccc(C)cc2)C1=O. The van der Waals surface area contributed by atoms with Crippen LogP contribution in [0.2, 0.25) is 0 Å². The van der Waals surface area contributed by atoms with Gasteiger partial charge in [-0.15, -0.1) is 11.8 Å². The van der Waals surface area contributed by atoms with Crippen molar-refractivity contribution in [1.29, 1.82) is 0 Å². The summed E-state index contributed by atoms with van der Waals surface area (Å²) in [5, 5.41) is 2.21. The molecule has 1 fully saturated rings. The summed E-state index contributed by atoms with van der Waals surface area (Å²) in [5.74, 6) is -0.138. The van der Waals surface area contributed by atoms with Crippen molar-refractivity contribution < 1.29 is 19.1 Å². The Morgan fingerprint density at radius 1 is 1.19 bits per heavy atom. The van der Waals surface area contributed by atoms with E-state index in [2.05, 4.69) is 5.32 Å². The van der Waals surface area contributed by atoms with Gasteiger partial charge in [0, 0.05) is 6.42 Å². The third-order valence-corrected chi connectivity index (χ3v) is 5.39. The van der Waals surface area contributed by atoms with Gasteiger partial charge in [-0.1, -0.05) is 29.8 Å². The first-order valence-corrected chi connectivity index (χ1v) is 9.52. The van der Waals surface area contributed by atoms with E-state index in [0.717, 1.165) is 5.56 Å².